The molecule has 1 saturated carbocycles. The van der Waals surface area contributed by atoms with Gasteiger partial charge in [0.1, 0.15) is 5.82 Å². The van der Waals surface area contributed by atoms with Crippen LogP contribution in [0.1, 0.15) is 31.2 Å². The lowest BCUT2D eigenvalue weighted by Crippen LogP contribution is -2.43. The lowest BCUT2D eigenvalue weighted by molar-refractivity contribution is -0.141. The van der Waals surface area contributed by atoms with Gasteiger partial charge in [0.25, 0.3) is 0 Å². The van der Waals surface area contributed by atoms with E-state index in [9.17, 15) is 17.6 Å². The van der Waals surface area contributed by atoms with Crippen molar-refractivity contribution in [1.29, 1.82) is 0 Å². The zero-order chi connectivity index (χ0) is 15.5. The van der Waals surface area contributed by atoms with Crippen molar-refractivity contribution in [2.45, 2.75) is 31.4 Å². The largest absolute Gasteiger partial charge is 0.481 e. The Kier molecular flexibility index (Phi) is 4.63. The van der Waals surface area contributed by atoms with Crippen molar-refractivity contribution in [1.82, 2.24) is 4.72 Å². The van der Waals surface area contributed by atoms with Gasteiger partial charge >= 0.3 is 5.97 Å². The van der Waals surface area contributed by atoms with Crippen molar-refractivity contribution < 1.29 is 22.7 Å². The second-order valence-electron chi connectivity index (χ2n) is 5.63. The number of nitrogens with one attached hydrogen (secondary N) is 1. The molecule has 0 aliphatic heterocycles. The van der Waals surface area contributed by atoms with Crippen molar-refractivity contribution in [2.24, 2.45) is 5.41 Å². The number of hydrogen-bond donors (Lipinski definition) is 2. The lowest BCUT2D eigenvalue weighted by atomic mass is 9.67. The van der Waals surface area contributed by atoms with Crippen LogP contribution >= 0.6 is 0 Å². The van der Waals surface area contributed by atoms with Crippen LogP contribution in [0, 0.1) is 11.2 Å². The van der Waals surface area contributed by atoms with Gasteiger partial charge in [0.05, 0.1) is 12.2 Å². The normalized spacial score (nSPS) is 17.2. The summed E-state index contributed by atoms with van der Waals surface area (Å²) in [4.78, 5) is 10.8. The summed E-state index contributed by atoms with van der Waals surface area (Å²) in [5, 5.41) is 8.89. The number of sulfonamides is 1. The van der Waals surface area contributed by atoms with Gasteiger partial charge in [0, 0.05) is 6.54 Å². The molecule has 1 aliphatic carbocycles. The van der Waals surface area contributed by atoms with Crippen LogP contribution in [-0.4, -0.2) is 26.0 Å². The first-order chi connectivity index (χ1) is 9.80. The van der Waals surface area contributed by atoms with Crippen molar-refractivity contribution in [2.75, 3.05) is 6.54 Å². The molecule has 1 aromatic rings. The molecule has 1 aromatic carbocycles. The summed E-state index contributed by atoms with van der Waals surface area (Å²) in [5.41, 5.74) is 0.0339. The van der Waals surface area contributed by atoms with Crippen LogP contribution < -0.4 is 4.72 Å². The first-order valence-electron chi connectivity index (χ1n) is 6.74. The van der Waals surface area contributed by atoms with Gasteiger partial charge < -0.3 is 5.11 Å². The van der Waals surface area contributed by atoms with Gasteiger partial charge in [-0.15, -0.1) is 0 Å². The Balaban J connectivity index is 1.94. The van der Waals surface area contributed by atoms with Gasteiger partial charge in [-0.1, -0.05) is 18.6 Å². The van der Waals surface area contributed by atoms with Gasteiger partial charge in [0.2, 0.25) is 10.0 Å². The number of rotatable bonds is 7. The topological polar surface area (TPSA) is 83.5 Å². The predicted molar refractivity (Wildman–Crippen MR) is 75.6 cm³/mol. The molecule has 7 heteroatoms. The smallest absolute Gasteiger partial charge is 0.303 e. The maximum atomic E-state index is 12.8. The molecule has 1 fully saturated rings. The highest BCUT2D eigenvalue weighted by atomic mass is 32.2. The maximum absolute atomic E-state index is 12.8. The van der Waals surface area contributed by atoms with Gasteiger partial charge in [-0.2, -0.15) is 0 Å². The summed E-state index contributed by atoms with van der Waals surface area (Å²) in [6.45, 7) is 0.142. The first kappa shape index (κ1) is 15.9. The highest BCUT2D eigenvalue weighted by Crippen LogP contribution is 2.43. The van der Waals surface area contributed by atoms with Gasteiger partial charge in [-0.25, -0.2) is 17.5 Å². The zero-order valence-corrected chi connectivity index (χ0v) is 12.3. The molecular formula is C14H18FNO4S. The Morgan fingerprint density at radius 1 is 1.29 bits per heavy atom. The van der Waals surface area contributed by atoms with Crippen LogP contribution in [0.5, 0.6) is 0 Å². The molecule has 21 heavy (non-hydrogen) atoms. The van der Waals surface area contributed by atoms with E-state index in [1.807, 2.05) is 0 Å². The molecule has 2 N–H and O–H groups in total. The standard InChI is InChI=1S/C14H18FNO4S/c15-12-4-2-11(3-5-12)9-21(19,20)16-10-14(6-1-7-14)8-13(17)18/h2-5,16H,1,6-10H2,(H,17,18). The highest BCUT2D eigenvalue weighted by molar-refractivity contribution is 7.88. The van der Waals surface area contributed by atoms with E-state index in [1.54, 1.807) is 0 Å². The van der Waals surface area contributed by atoms with Crippen LogP contribution in [0.3, 0.4) is 0 Å². The summed E-state index contributed by atoms with van der Waals surface area (Å²) < 4.78 is 39.3. The molecule has 0 atom stereocenters. The highest BCUT2D eigenvalue weighted by Gasteiger charge is 2.39. The molecule has 2 rings (SSSR count). The third-order valence-corrected chi connectivity index (χ3v) is 5.18. The van der Waals surface area contributed by atoms with Crippen LogP contribution in [-0.2, 0) is 20.6 Å². The third-order valence-electron chi connectivity index (χ3n) is 3.88. The minimum atomic E-state index is -3.56. The first-order valence-corrected chi connectivity index (χ1v) is 8.39. The Morgan fingerprint density at radius 2 is 1.90 bits per heavy atom. The molecule has 0 amide bonds. The third kappa shape index (κ3) is 4.50. The average molecular weight is 315 g/mol. The SMILES string of the molecule is O=C(O)CC1(CNS(=O)(=O)Cc2ccc(F)cc2)CCC1. The van der Waals surface area contributed by atoms with E-state index in [4.69, 9.17) is 5.11 Å². The molecule has 0 spiro atoms. The fourth-order valence-corrected chi connectivity index (χ4v) is 3.79. The summed E-state index contributed by atoms with van der Waals surface area (Å²) in [5.74, 6) is -1.57. The molecular weight excluding hydrogens is 297 g/mol. The van der Waals surface area contributed by atoms with E-state index < -0.39 is 27.2 Å². The summed E-state index contributed by atoms with van der Waals surface area (Å²) in [6, 6.07) is 5.27. The molecule has 0 unspecified atom stereocenters. The molecule has 1 aliphatic rings. The van der Waals surface area contributed by atoms with Crippen molar-refractivity contribution in [3.05, 3.63) is 35.6 Å². The fourth-order valence-electron chi connectivity index (χ4n) is 2.53. The number of halogens is 1. The van der Waals surface area contributed by atoms with Crippen molar-refractivity contribution in [3.8, 4) is 0 Å². The number of carbonyl (C=O) groups is 1. The summed E-state index contributed by atoms with van der Waals surface area (Å²) in [7, 11) is -3.56. The lowest BCUT2D eigenvalue weighted by Gasteiger charge is -2.40. The zero-order valence-electron chi connectivity index (χ0n) is 11.5. The molecule has 0 saturated heterocycles. The predicted octanol–water partition coefficient (Wildman–Crippen LogP) is 1.89. The number of aliphatic carboxylic acids is 1. The maximum Gasteiger partial charge on any atom is 0.303 e. The Labute approximate surface area is 123 Å². The van der Waals surface area contributed by atoms with E-state index in [1.165, 1.54) is 24.3 Å². The molecule has 0 radical (unpaired) electrons. The molecule has 5 nitrogen and oxygen atoms in total. The number of benzene rings is 1. The average Bonchev–Trinajstić information content (AvgIpc) is 2.35. The molecule has 0 aromatic heterocycles. The Morgan fingerprint density at radius 3 is 2.38 bits per heavy atom. The quantitative estimate of drug-likeness (QED) is 0.805. The fraction of sp³-hybridized carbons (Fsp3) is 0.500. The number of carboxylic acid groups (broad SMARTS) is 1. The van der Waals surface area contributed by atoms with Gasteiger partial charge in [-0.3, -0.25) is 4.79 Å². The van der Waals surface area contributed by atoms with E-state index in [2.05, 4.69) is 4.72 Å². The van der Waals surface area contributed by atoms with Crippen molar-refractivity contribution >= 4 is 16.0 Å². The van der Waals surface area contributed by atoms with E-state index in [-0.39, 0.29) is 18.7 Å². The summed E-state index contributed by atoms with van der Waals surface area (Å²) in [6.07, 6.45) is 2.34. The second kappa shape index (κ2) is 6.11. The summed E-state index contributed by atoms with van der Waals surface area (Å²) >= 11 is 0. The van der Waals surface area contributed by atoms with E-state index in [0.29, 0.717) is 5.56 Å². The minimum Gasteiger partial charge on any atom is -0.481 e. The molecule has 0 bridgehead atoms. The van der Waals surface area contributed by atoms with Crippen LogP contribution in [0.2, 0.25) is 0 Å². The monoisotopic (exact) mass is 315 g/mol. The molecule has 0 heterocycles. The van der Waals surface area contributed by atoms with E-state index >= 15 is 0 Å². The van der Waals surface area contributed by atoms with Crippen LogP contribution in [0.4, 0.5) is 4.39 Å². The van der Waals surface area contributed by atoms with Crippen LogP contribution in [0.25, 0.3) is 0 Å². The molecule has 116 valence electrons. The Hall–Kier alpha value is -1.47. The van der Waals surface area contributed by atoms with Crippen LogP contribution in [0.15, 0.2) is 24.3 Å². The second-order valence-corrected chi connectivity index (χ2v) is 7.44. The van der Waals surface area contributed by atoms with E-state index in [0.717, 1.165) is 19.3 Å². The van der Waals surface area contributed by atoms with Gasteiger partial charge in [0.15, 0.2) is 0 Å². The minimum absolute atomic E-state index is 0.0218. The Bertz CT molecular complexity index is 608. The van der Waals surface area contributed by atoms with Gasteiger partial charge in [-0.05, 0) is 36.0 Å². The van der Waals surface area contributed by atoms with Crippen molar-refractivity contribution in [3.63, 3.8) is 0 Å². The number of hydrogen-bond acceptors (Lipinski definition) is 3. The number of carboxylic acids is 1.